The van der Waals surface area contributed by atoms with Crippen molar-refractivity contribution in [2.45, 2.75) is 31.7 Å². The van der Waals surface area contributed by atoms with Crippen molar-refractivity contribution in [3.63, 3.8) is 0 Å². The summed E-state index contributed by atoms with van der Waals surface area (Å²) < 4.78 is 0. The van der Waals surface area contributed by atoms with Gasteiger partial charge in [-0.2, -0.15) is 0 Å². The van der Waals surface area contributed by atoms with Crippen molar-refractivity contribution < 1.29 is 0 Å². The van der Waals surface area contributed by atoms with Crippen molar-refractivity contribution in [1.29, 1.82) is 0 Å². The Kier molecular flexibility index (Phi) is 2.78. The van der Waals surface area contributed by atoms with Crippen molar-refractivity contribution in [1.82, 2.24) is 9.97 Å². The minimum Gasteiger partial charge on any atom is -0.399 e. The first kappa shape index (κ1) is 11.3. The number of rotatable bonds is 2. The third-order valence-corrected chi connectivity index (χ3v) is 3.85. The van der Waals surface area contributed by atoms with Crippen LogP contribution in [0.5, 0.6) is 0 Å². The van der Waals surface area contributed by atoms with Crippen molar-refractivity contribution in [2.24, 2.45) is 0 Å². The lowest BCUT2D eigenvalue weighted by Gasteiger charge is -2.26. The van der Waals surface area contributed by atoms with Crippen LogP contribution in [0.1, 0.15) is 25.7 Å². The minimum atomic E-state index is 0.612. The zero-order valence-corrected chi connectivity index (χ0v) is 10.6. The molecule has 4 nitrogen and oxygen atoms in total. The number of aromatic nitrogens is 2. The molecule has 94 valence electrons. The molecule has 3 rings (SSSR count). The number of hydrogen-bond donors (Lipinski definition) is 1. The molecule has 2 N–H and O–H groups in total. The molecule has 4 heteroatoms. The van der Waals surface area contributed by atoms with Crippen LogP contribution in [0.4, 0.5) is 11.5 Å². The molecule has 0 spiro atoms. The molecule has 1 aromatic heterocycles. The molecule has 1 heterocycles. The van der Waals surface area contributed by atoms with Gasteiger partial charge in [0.05, 0.1) is 5.52 Å². The van der Waals surface area contributed by atoms with E-state index >= 15 is 0 Å². The fraction of sp³-hybridized carbons (Fsp3) is 0.429. The van der Waals surface area contributed by atoms with E-state index in [-0.39, 0.29) is 0 Å². The fourth-order valence-electron chi connectivity index (χ4n) is 2.81. The molecule has 1 aliphatic carbocycles. The van der Waals surface area contributed by atoms with Crippen LogP contribution in [0.25, 0.3) is 10.9 Å². The van der Waals surface area contributed by atoms with E-state index in [0.29, 0.717) is 6.04 Å². The summed E-state index contributed by atoms with van der Waals surface area (Å²) in [5.41, 5.74) is 7.47. The summed E-state index contributed by atoms with van der Waals surface area (Å²) in [6, 6.07) is 6.45. The smallest absolute Gasteiger partial charge is 0.139 e. The highest BCUT2D eigenvalue weighted by atomic mass is 15.2. The van der Waals surface area contributed by atoms with Crippen LogP contribution < -0.4 is 10.6 Å². The predicted octanol–water partition coefficient (Wildman–Crippen LogP) is 2.59. The summed E-state index contributed by atoms with van der Waals surface area (Å²) in [6.45, 7) is 0. The van der Waals surface area contributed by atoms with E-state index in [1.807, 2.05) is 18.2 Å². The number of fused-ring (bicyclic) bond motifs is 1. The maximum Gasteiger partial charge on any atom is 0.139 e. The minimum absolute atomic E-state index is 0.612. The zero-order valence-electron chi connectivity index (χ0n) is 10.6. The number of hydrogen-bond acceptors (Lipinski definition) is 4. The van der Waals surface area contributed by atoms with Crippen LogP contribution in [0.3, 0.4) is 0 Å². The molecule has 0 radical (unpaired) electrons. The van der Waals surface area contributed by atoms with Gasteiger partial charge < -0.3 is 10.6 Å². The highest BCUT2D eigenvalue weighted by Crippen LogP contribution is 2.30. The molecule has 0 amide bonds. The average Bonchev–Trinajstić information content (AvgIpc) is 2.90. The van der Waals surface area contributed by atoms with Gasteiger partial charge in [-0.15, -0.1) is 0 Å². The Morgan fingerprint density at radius 3 is 2.78 bits per heavy atom. The van der Waals surface area contributed by atoms with Crippen molar-refractivity contribution in [3.05, 3.63) is 24.5 Å². The van der Waals surface area contributed by atoms with E-state index in [2.05, 4.69) is 21.9 Å². The Morgan fingerprint density at radius 1 is 1.22 bits per heavy atom. The number of benzene rings is 1. The molecule has 0 atom stereocenters. The van der Waals surface area contributed by atoms with Crippen LogP contribution >= 0.6 is 0 Å². The van der Waals surface area contributed by atoms with Crippen LogP contribution in [-0.2, 0) is 0 Å². The lowest BCUT2D eigenvalue weighted by molar-refractivity contribution is 0.648. The molecule has 1 saturated carbocycles. The Balaban J connectivity index is 2.05. The highest BCUT2D eigenvalue weighted by Gasteiger charge is 2.21. The van der Waals surface area contributed by atoms with Gasteiger partial charge in [0.25, 0.3) is 0 Å². The summed E-state index contributed by atoms with van der Waals surface area (Å²) in [7, 11) is 2.13. The second kappa shape index (κ2) is 4.44. The van der Waals surface area contributed by atoms with E-state index in [4.69, 9.17) is 5.73 Å². The molecule has 18 heavy (non-hydrogen) atoms. The maximum atomic E-state index is 5.80. The summed E-state index contributed by atoms with van der Waals surface area (Å²) in [5.74, 6) is 1.02. The second-order valence-corrected chi connectivity index (χ2v) is 5.02. The Morgan fingerprint density at radius 2 is 2.00 bits per heavy atom. The van der Waals surface area contributed by atoms with Gasteiger partial charge in [-0.25, -0.2) is 9.97 Å². The Bertz CT molecular complexity index is 561. The maximum absolute atomic E-state index is 5.80. The first-order valence-electron chi connectivity index (χ1n) is 6.49. The topological polar surface area (TPSA) is 55.0 Å². The highest BCUT2D eigenvalue weighted by molar-refractivity contribution is 5.91. The lowest BCUT2D eigenvalue weighted by atomic mass is 10.1. The summed E-state index contributed by atoms with van der Waals surface area (Å²) in [6.07, 6.45) is 6.80. The number of anilines is 2. The monoisotopic (exact) mass is 242 g/mol. The van der Waals surface area contributed by atoms with Gasteiger partial charge in [0.2, 0.25) is 0 Å². The van der Waals surface area contributed by atoms with Gasteiger partial charge in [-0.05, 0) is 31.0 Å². The molecule has 2 aromatic rings. The standard InChI is InChI=1S/C14H18N4/c1-18(11-4-2-3-5-11)14-12-7-6-10(15)8-13(12)16-9-17-14/h6-9,11H,2-5,15H2,1H3. The van der Waals surface area contributed by atoms with Crippen LogP contribution in [0, 0.1) is 0 Å². The van der Waals surface area contributed by atoms with Gasteiger partial charge in [0, 0.05) is 24.2 Å². The molecule has 0 bridgehead atoms. The second-order valence-electron chi connectivity index (χ2n) is 5.02. The van der Waals surface area contributed by atoms with Gasteiger partial charge in [-0.3, -0.25) is 0 Å². The SMILES string of the molecule is CN(c1ncnc2cc(N)ccc12)C1CCCC1. The largest absolute Gasteiger partial charge is 0.399 e. The summed E-state index contributed by atoms with van der Waals surface area (Å²) in [5, 5.41) is 1.08. The first-order chi connectivity index (χ1) is 8.75. The number of nitrogens with two attached hydrogens (primary N) is 1. The molecule has 0 aliphatic heterocycles. The van der Waals surface area contributed by atoms with Crippen molar-refractivity contribution >= 4 is 22.4 Å². The van der Waals surface area contributed by atoms with E-state index in [0.717, 1.165) is 22.4 Å². The normalized spacial score (nSPS) is 16.3. The van der Waals surface area contributed by atoms with Gasteiger partial charge in [-0.1, -0.05) is 12.8 Å². The average molecular weight is 242 g/mol. The number of nitrogens with zero attached hydrogens (tertiary/aromatic N) is 3. The third kappa shape index (κ3) is 1.88. The van der Waals surface area contributed by atoms with Gasteiger partial charge >= 0.3 is 0 Å². The molecule has 1 aromatic carbocycles. The van der Waals surface area contributed by atoms with Gasteiger partial charge in [0.1, 0.15) is 12.1 Å². The van der Waals surface area contributed by atoms with Crippen LogP contribution in [0.2, 0.25) is 0 Å². The molecule has 1 fully saturated rings. The summed E-state index contributed by atoms with van der Waals surface area (Å²) in [4.78, 5) is 11.0. The Hall–Kier alpha value is -1.84. The molecular formula is C14H18N4. The molecule has 0 unspecified atom stereocenters. The lowest BCUT2D eigenvalue weighted by Crippen LogP contribution is -2.29. The summed E-state index contributed by atoms with van der Waals surface area (Å²) >= 11 is 0. The van der Waals surface area contributed by atoms with Crippen LogP contribution in [-0.4, -0.2) is 23.1 Å². The third-order valence-electron chi connectivity index (χ3n) is 3.85. The van der Waals surface area contributed by atoms with Crippen molar-refractivity contribution in [3.8, 4) is 0 Å². The fourth-order valence-corrected chi connectivity index (χ4v) is 2.81. The van der Waals surface area contributed by atoms with E-state index in [1.165, 1.54) is 25.7 Å². The number of nitrogen functional groups attached to an aromatic ring is 1. The van der Waals surface area contributed by atoms with E-state index in [9.17, 15) is 0 Å². The van der Waals surface area contributed by atoms with Crippen LogP contribution in [0.15, 0.2) is 24.5 Å². The zero-order chi connectivity index (χ0) is 12.5. The van der Waals surface area contributed by atoms with Gasteiger partial charge in [0.15, 0.2) is 0 Å². The van der Waals surface area contributed by atoms with E-state index < -0.39 is 0 Å². The molecular weight excluding hydrogens is 224 g/mol. The Labute approximate surface area is 107 Å². The molecule has 0 saturated heterocycles. The molecule has 1 aliphatic rings. The van der Waals surface area contributed by atoms with Crippen molar-refractivity contribution in [2.75, 3.05) is 17.7 Å². The van der Waals surface area contributed by atoms with E-state index in [1.54, 1.807) is 6.33 Å². The first-order valence-corrected chi connectivity index (χ1v) is 6.49. The predicted molar refractivity (Wildman–Crippen MR) is 74.6 cm³/mol. The quantitative estimate of drug-likeness (QED) is 0.822.